The van der Waals surface area contributed by atoms with Gasteiger partial charge in [-0.15, -0.1) is 0 Å². The van der Waals surface area contributed by atoms with Gasteiger partial charge in [0.25, 0.3) is 5.91 Å². The molecule has 0 bridgehead atoms. The van der Waals surface area contributed by atoms with Crippen LogP contribution in [-0.2, 0) is 23.1 Å². The Labute approximate surface area is 190 Å². The minimum atomic E-state index is -0.627. The van der Waals surface area contributed by atoms with Gasteiger partial charge < -0.3 is 19.1 Å². The number of aromatic nitrogens is 2. The van der Waals surface area contributed by atoms with Crippen LogP contribution >= 0.6 is 0 Å². The number of hydrogen-bond donors (Lipinski definition) is 0. The summed E-state index contributed by atoms with van der Waals surface area (Å²) in [7, 11) is 3.05. The first kappa shape index (κ1) is 22.5. The van der Waals surface area contributed by atoms with Gasteiger partial charge in [0, 0.05) is 43.0 Å². The van der Waals surface area contributed by atoms with Crippen molar-refractivity contribution < 1.29 is 28.2 Å². The van der Waals surface area contributed by atoms with Crippen LogP contribution in [0.4, 0.5) is 4.39 Å². The third kappa shape index (κ3) is 5.04. The van der Waals surface area contributed by atoms with Crippen LogP contribution in [0.1, 0.15) is 26.3 Å². The van der Waals surface area contributed by atoms with E-state index in [0.29, 0.717) is 43.0 Å². The lowest BCUT2D eigenvalue weighted by Gasteiger charge is -2.28. The molecule has 8 nitrogen and oxygen atoms in total. The molecule has 1 aliphatic rings. The van der Waals surface area contributed by atoms with E-state index in [2.05, 4.69) is 5.10 Å². The number of halogens is 1. The lowest BCUT2D eigenvalue weighted by atomic mass is 9.97. The fourth-order valence-electron chi connectivity index (χ4n) is 3.62. The quantitative estimate of drug-likeness (QED) is 0.534. The lowest BCUT2D eigenvalue weighted by Crippen LogP contribution is -2.41. The summed E-state index contributed by atoms with van der Waals surface area (Å²) < 4.78 is 31.1. The molecule has 2 heterocycles. The minimum Gasteiger partial charge on any atom is -0.488 e. The van der Waals surface area contributed by atoms with Gasteiger partial charge in [0.05, 0.1) is 26.5 Å². The minimum absolute atomic E-state index is 0.105. The van der Waals surface area contributed by atoms with Crippen molar-refractivity contribution in [2.45, 2.75) is 6.61 Å². The lowest BCUT2D eigenvalue weighted by molar-refractivity contribution is 0.0303. The van der Waals surface area contributed by atoms with Crippen LogP contribution < -0.4 is 4.74 Å². The molecule has 0 atom stereocenters. The third-order valence-corrected chi connectivity index (χ3v) is 5.38. The SMILES string of the molecule is COC(=O)c1cc(C(=O)N2CCOCC2)c(-c2cnn(C)c2)cc1OCc1ccc(F)cc1. The van der Waals surface area contributed by atoms with Crippen LogP contribution in [0.25, 0.3) is 11.1 Å². The molecule has 4 rings (SSSR count). The zero-order valence-electron chi connectivity index (χ0n) is 18.4. The second-order valence-electron chi connectivity index (χ2n) is 7.61. The molecule has 1 aromatic heterocycles. The third-order valence-electron chi connectivity index (χ3n) is 5.38. The van der Waals surface area contributed by atoms with Gasteiger partial charge in [-0.05, 0) is 29.8 Å². The first-order chi connectivity index (χ1) is 16.0. The number of hydrogen-bond acceptors (Lipinski definition) is 6. The van der Waals surface area contributed by atoms with Gasteiger partial charge in [0.15, 0.2) is 0 Å². The molecule has 0 aliphatic carbocycles. The molecule has 172 valence electrons. The number of ether oxygens (including phenoxy) is 3. The highest BCUT2D eigenvalue weighted by molar-refractivity contribution is 6.04. The Hall–Kier alpha value is -3.72. The van der Waals surface area contributed by atoms with E-state index >= 15 is 0 Å². The zero-order chi connectivity index (χ0) is 23.4. The van der Waals surface area contributed by atoms with E-state index in [-0.39, 0.29) is 29.6 Å². The highest BCUT2D eigenvalue weighted by atomic mass is 19.1. The maximum Gasteiger partial charge on any atom is 0.341 e. The van der Waals surface area contributed by atoms with E-state index in [1.807, 2.05) is 0 Å². The Morgan fingerprint density at radius 1 is 1.12 bits per heavy atom. The molecule has 0 spiro atoms. The first-order valence-electron chi connectivity index (χ1n) is 10.5. The molecule has 0 N–H and O–H groups in total. The van der Waals surface area contributed by atoms with Gasteiger partial charge in [-0.1, -0.05) is 12.1 Å². The maximum atomic E-state index is 13.4. The number of morpholine rings is 1. The number of methoxy groups -OCH3 is 1. The molecule has 9 heteroatoms. The number of rotatable bonds is 6. The average Bonchev–Trinajstić information content (AvgIpc) is 3.29. The van der Waals surface area contributed by atoms with Crippen molar-refractivity contribution in [1.82, 2.24) is 14.7 Å². The van der Waals surface area contributed by atoms with Crippen LogP contribution in [0, 0.1) is 5.82 Å². The van der Waals surface area contributed by atoms with Crippen molar-refractivity contribution in [1.29, 1.82) is 0 Å². The number of esters is 1. The monoisotopic (exact) mass is 453 g/mol. The van der Waals surface area contributed by atoms with Crippen molar-refractivity contribution in [3.63, 3.8) is 0 Å². The van der Waals surface area contributed by atoms with E-state index in [4.69, 9.17) is 14.2 Å². The summed E-state index contributed by atoms with van der Waals surface area (Å²) in [6.07, 6.45) is 3.43. The summed E-state index contributed by atoms with van der Waals surface area (Å²) >= 11 is 0. The summed E-state index contributed by atoms with van der Waals surface area (Å²) in [6, 6.07) is 9.04. The average molecular weight is 453 g/mol. The van der Waals surface area contributed by atoms with E-state index in [0.717, 1.165) is 5.56 Å². The highest BCUT2D eigenvalue weighted by Crippen LogP contribution is 2.33. The van der Waals surface area contributed by atoms with Crippen molar-refractivity contribution in [3.8, 4) is 16.9 Å². The molecule has 3 aromatic rings. The Kier molecular flexibility index (Phi) is 6.69. The molecule has 1 aliphatic heterocycles. The topological polar surface area (TPSA) is 82.9 Å². The Morgan fingerprint density at radius 3 is 2.48 bits per heavy atom. The van der Waals surface area contributed by atoms with Gasteiger partial charge in [-0.25, -0.2) is 9.18 Å². The van der Waals surface area contributed by atoms with E-state index in [1.165, 1.54) is 25.3 Å². The molecule has 2 aromatic carbocycles. The molecule has 33 heavy (non-hydrogen) atoms. The fourth-order valence-corrected chi connectivity index (χ4v) is 3.62. The number of benzene rings is 2. The van der Waals surface area contributed by atoms with Crippen molar-refractivity contribution in [2.24, 2.45) is 7.05 Å². The molecule has 1 saturated heterocycles. The van der Waals surface area contributed by atoms with Crippen molar-refractivity contribution in [3.05, 3.63) is 71.3 Å². The molecule has 0 unspecified atom stereocenters. The second kappa shape index (κ2) is 9.83. The standard InChI is InChI=1S/C24H24FN3O5/c1-27-14-17(13-26-27)19-12-22(33-15-16-3-5-18(25)6-4-16)21(24(30)31-2)11-20(19)23(29)28-7-9-32-10-8-28/h3-6,11-14H,7-10,15H2,1-2H3. The number of amides is 1. The predicted octanol–water partition coefficient (Wildman–Crippen LogP) is 3.06. The molecule has 1 fully saturated rings. The van der Waals surface area contributed by atoms with Crippen LogP contribution in [0.2, 0.25) is 0 Å². The summed E-state index contributed by atoms with van der Waals surface area (Å²) in [5, 5.41) is 4.21. The van der Waals surface area contributed by atoms with Crippen molar-refractivity contribution >= 4 is 11.9 Å². The van der Waals surface area contributed by atoms with E-state index in [1.54, 1.807) is 47.2 Å². The second-order valence-corrected chi connectivity index (χ2v) is 7.61. The summed E-state index contributed by atoms with van der Waals surface area (Å²) in [5.74, 6) is -0.937. The zero-order valence-corrected chi connectivity index (χ0v) is 18.4. The fraction of sp³-hybridized carbons (Fsp3) is 0.292. The number of nitrogens with zero attached hydrogens (tertiary/aromatic N) is 3. The van der Waals surface area contributed by atoms with E-state index in [9.17, 15) is 14.0 Å². The molecule has 1 amide bonds. The summed E-state index contributed by atoms with van der Waals surface area (Å²) in [4.78, 5) is 27.7. The highest BCUT2D eigenvalue weighted by Gasteiger charge is 2.26. The molecule has 0 radical (unpaired) electrons. The van der Waals surface area contributed by atoms with Gasteiger partial charge >= 0.3 is 5.97 Å². The van der Waals surface area contributed by atoms with Crippen LogP contribution in [0.5, 0.6) is 5.75 Å². The summed E-state index contributed by atoms with van der Waals surface area (Å²) in [6.45, 7) is 1.93. The predicted molar refractivity (Wildman–Crippen MR) is 117 cm³/mol. The molecule has 0 saturated carbocycles. The Bertz CT molecular complexity index is 1150. The number of carbonyl (C=O) groups is 2. The van der Waals surface area contributed by atoms with Crippen LogP contribution in [0.15, 0.2) is 48.8 Å². The summed E-state index contributed by atoms with van der Waals surface area (Å²) in [5.41, 5.74) is 2.49. The van der Waals surface area contributed by atoms with Gasteiger partial charge in [-0.2, -0.15) is 5.10 Å². The normalized spacial score (nSPS) is 13.6. The van der Waals surface area contributed by atoms with E-state index < -0.39 is 5.97 Å². The molecular weight excluding hydrogens is 429 g/mol. The van der Waals surface area contributed by atoms with Gasteiger partial charge in [-0.3, -0.25) is 9.48 Å². The van der Waals surface area contributed by atoms with Gasteiger partial charge in [0.2, 0.25) is 0 Å². The Morgan fingerprint density at radius 2 is 1.85 bits per heavy atom. The first-order valence-corrected chi connectivity index (χ1v) is 10.5. The van der Waals surface area contributed by atoms with Crippen LogP contribution in [-0.4, -0.2) is 60.0 Å². The molecular formula is C24H24FN3O5. The largest absolute Gasteiger partial charge is 0.488 e. The maximum absolute atomic E-state index is 13.4. The van der Waals surface area contributed by atoms with Crippen molar-refractivity contribution in [2.75, 3.05) is 33.4 Å². The smallest absolute Gasteiger partial charge is 0.341 e. The number of carbonyl (C=O) groups excluding carboxylic acids is 2. The number of aryl methyl sites for hydroxylation is 1. The Balaban J connectivity index is 1.77. The van der Waals surface area contributed by atoms with Gasteiger partial charge in [0.1, 0.15) is 23.7 Å². The van der Waals surface area contributed by atoms with Crippen LogP contribution in [0.3, 0.4) is 0 Å².